The van der Waals surface area contributed by atoms with Crippen LogP contribution in [0.3, 0.4) is 0 Å². The predicted molar refractivity (Wildman–Crippen MR) is 115 cm³/mol. The van der Waals surface area contributed by atoms with Crippen LogP contribution in [0.2, 0.25) is 0 Å². The molecule has 10 heteroatoms. The summed E-state index contributed by atoms with van der Waals surface area (Å²) in [5.74, 6) is -0.217. The molecule has 7 nitrogen and oxygen atoms in total. The van der Waals surface area contributed by atoms with Gasteiger partial charge in [-0.2, -0.15) is 13.2 Å². The Morgan fingerprint density at radius 3 is 2.71 bits per heavy atom. The van der Waals surface area contributed by atoms with E-state index in [1.165, 1.54) is 12.1 Å². The predicted octanol–water partition coefficient (Wildman–Crippen LogP) is 4.58. The third-order valence-electron chi connectivity index (χ3n) is 6.61. The van der Waals surface area contributed by atoms with Gasteiger partial charge in [-0.25, -0.2) is 4.98 Å². The average Bonchev–Trinajstić information content (AvgIpc) is 3.48. The maximum atomic E-state index is 13.6. The van der Waals surface area contributed by atoms with Gasteiger partial charge in [0.2, 0.25) is 5.88 Å². The lowest BCUT2D eigenvalue weighted by atomic mass is 9.90. The van der Waals surface area contributed by atoms with E-state index in [-0.39, 0.29) is 36.4 Å². The molecule has 2 saturated heterocycles. The molecule has 1 aromatic carbocycles. The number of halogens is 3. The second kappa shape index (κ2) is 8.34. The van der Waals surface area contributed by atoms with E-state index in [1.54, 1.807) is 37.3 Å². The topological polar surface area (TPSA) is 80.5 Å². The molecule has 2 aliphatic heterocycles. The molecule has 3 aromatic rings. The number of fused-ring (bicyclic) bond motifs is 2. The molecule has 34 heavy (non-hydrogen) atoms. The van der Waals surface area contributed by atoms with E-state index in [2.05, 4.69) is 10.1 Å². The van der Waals surface area contributed by atoms with Crippen LogP contribution in [0, 0.1) is 12.8 Å². The Balaban J connectivity index is 1.34. The number of aromatic nitrogens is 3. The van der Waals surface area contributed by atoms with Gasteiger partial charge in [0.15, 0.2) is 0 Å². The van der Waals surface area contributed by atoms with Crippen molar-refractivity contribution in [2.24, 2.45) is 5.92 Å². The lowest BCUT2D eigenvalue weighted by molar-refractivity contribution is -0.141. The van der Waals surface area contributed by atoms with Crippen molar-refractivity contribution in [2.75, 3.05) is 6.61 Å². The van der Waals surface area contributed by atoms with Gasteiger partial charge in [0, 0.05) is 35.2 Å². The lowest BCUT2D eigenvalue weighted by Crippen LogP contribution is -2.37. The second-order valence-electron chi connectivity index (χ2n) is 8.78. The Morgan fingerprint density at radius 2 is 1.97 bits per heavy atom. The van der Waals surface area contributed by atoms with E-state index in [4.69, 9.17) is 4.74 Å². The highest BCUT2D eigenvalue weighted by Crippen LogP contribution is 2.43. The summed E-state index contributed by atoms with van der Waals surface area (Å²) in [4.78, 5) is 19.8. The molecule has 3 atom stereocenters. The Hall–Kier alpha value is -3.56. The smallest absolute Gasteiger partial charge is 0.433 e. The minimum absolute atomic E-state index is 0.00295. The number of alkyl halides is 3. The molecular weight excluding hydrogens is 449 g/mol. The Morgan fingerprint density at radius 1 is 1.18 bits per heavy atom. The fourth-order valence-electron chi connectivity index (χ4n) is 5.16. The number of amides is 1. The highest BCUT2D eigenvalue weighted by atomic mass is 19.4. The molecule has 4 heterocycles. The van der Waals surface area contributed by atoms with Gasteiger partial charge in [-0.05, 0) is 44.4 Å². The van der Waals surface area contributed by atoms with Crippen LogP contribution in [0.1, 0.15) is 41.0 Å². The summed E-state index contributed by atoms with van der Waals surface area (Å²) in [6, 6.07) is 12.3. The summed E-state index contributed by atoms with van der Waals surface area (Å²) < 4.78 is 44.4. The number of ether oxygens (including phenoxy) is 1. The normalized spacial score (nSPS) is 21.8. The third-order valence-corrected chi connectivity index (χ3v) is 6.61. The zero-order valence-electron chi connectivity index (χ0n) is 18.4. The Kier molecular flexibility index (Phi) is 5.45. The number of carbonyl (C=O) groups excluding carboxylic acids is 1. The summed E-state index contributed by atoms with van der Waals surface area (Å²) in [6.07, 6.45) is -2.15. The Labute approximate surface area is 193 Å². The summed E-state index contributed by atoms with van der Waals surface area (Å²) in [7, 11) is 0. The van der Waals surface area contributed by atoms with Crippen LogP contribution in [-0.4, -0.2) is 49.6 Å². The Bertz CT molecular complexity index is 1230. The van der Waals surface area contributed by atoms with E-state index in [9.17, 15) is 23.2 Å². The van der Waals surface area contributed by atoms with Crippen LogP contribution in [0.4, 0.5) is 13.2 Å². The van der Waals surface area contributed by atoms with Gasteiger partial charge >= 0.3 is 6.18 Å². The van der Waals surface area contributed by atoms with Crippen LogP contribution in [0.25, 0.3) is 11.3 Å². The molecule has 2 bridgehead atoms. The van der Waals surface area contributed by atoms with Crippen molar-refractivity contribution < 1.29 is 27.9 Å². The van der Waals surface area contributed by atoms with Crippen molar-refractivity contribution in [3.63, 3.8) is 0 Å². The summed E-state index contributed by atoms with van der Waals surface area (Å²) in [6.45, 7) is 1.94. The summed E-state index contributed by atoms with van der Waals surface area (Å²) in [5.41, 5.74) is 1.12. The molecule has 2 aliphatic rings. The maximum Gasteiger partial charge on any atom is 0.433 e. The van der Waals surface area contributed by atoms with Crippen LogP contribution in [-0.2, 0) is 6.18 Å². The number of rotatable bonds is 5. The first-order valence-electron chi connectivity index (χ1n) is 11.1. The minimum atomic E-state index is -4.54. The lowest BCUT2D eigenvalue weighted by Gasteiger charge is -2.25. The molecule has 0 aliphatic carbocycles. The number of aryl methyl sites for hydroxylation is 1. The fraction of sp³-hybridized carbons (Fsp3) is 0.375. The van der Waals surface area contributed by atoms with E-state index in [0.29, 0.717) is 28.9 Å². The number of hydrogen-bond acceptors (Lipinski definition) is 5. The van der Waals surface area contributed by atoms with E-state index >= 15 is 0 Å². The molecule has 0 spiro atoms. The van der Waals surface area contributed by atoms with Crippen LogP contribution < -0.4 is 4.74 Å². The van der Waals surface area contributed by atoms with Crippen LogP contribution in [0.5, 0.6) is 5.88 Å². The van der Waals surface area contributed by atoms with Crippen molar-refractivity contribution in [1.82, 2.24) is 19.8 Å². The van der Waals surface area contributed by atoms with Crippen molar-refractivity contribution in [2.45, 2.75) is 44.4 Å². The van der Waals surface area contributed by atoms with Crippen molar-refractivity contribution in [1.29, 1.82) is 0 Å². The number of nitrogens with zero attached hydrogens (tertiary/aromatic N) is 4. The first-order valence-corrected chi connectivity index (χ1v) is 11.1. The largest absolute Gasteiger partial charge is 0.477 e. The molecule has 0 radical (unpaired) electrons. The molecule has 2 fully saturated rings. The molecule has 0 saturated carbocycles. The van der Waals surface area contributed by atoms with Crippen LogP contribution >= 0.6 is 0 Å². The van der Waals surface area contributed by atoms with Gasteiger partial charge in [0.1, 0.15) is 11.4 Å². The van der Waals surface area contributed by atoms with Gasteiger partial charge in [-0.3, -0.25) is 4.79 Å². The third kappa shape index (κ3) is 3.97. The fourth-order valence-corrected chi connectivity index (χ4v) is 5.16. The van der Waals surface area contributed by atoms with Crippen molar-refractivity contribution in [3.05, 3.63) is 65.5 Å². The SMILES string of the molecule is Cc1cc(-c2ccccc2C(=O)N2C3CCC2C(COc2cccc(C(F)(F)F)n2)C3)n(O)n1. The standard InChI is InChI=1S/C24H23F3N4O3/c1-14-11-20(31(33)29-14)17-5-2-3-6-18(17)23(32)30-16-9-10-19(30)15(12-16)13-34-22-8-4-7-21(28-22)24(25,26)27/h2-8,11,15-16,19,33H,9-10,12-13H2,1H3. The monoisotopic (exact) mass is 472 g/mol. The highest BCUT2D eigenvalue weighted by Gasteiger charge is 2.49. The number of hydrogen-bond donors (Lipinski definition) is 1. The van der Waals surface area contributed by atoms with Gasteiger partial charge in [-0.1, -0.05) is 24.3 Å². The molecule has 1 amide bonds. The number of pyridine rings is 1. The first kappa shape index (κ1) is 22.2. The molecule has 178 valence electrons. The summed E-state index contributed by atoms with van der Waals surface area (Å²) in [5, 5.41) is 14.1. The highest BCUT2D eigenvalue weighted by molar-refractivity contribution is 6.01. The maximum absolute atomic E-state index is 13.6. The second-order valence-corrected chi connectivity index (χ2v) is 8.78. The van der Waals surface area contributed by atoms with Gasteiger partial charge in [0.05, 0.1) is 12.3 Å². The van der Waals surface area contributed by atoms with Crippen LogP contribution in [0.15, 0.2) is 48.5 Å². The molecule has 5 rings (SSSR count). The molecule has 1 N–H and O–H groups in total. The van der Waals surface area contributed by atoms with Crippen molar-refractivity contribution >= 4 is 5.91 Å². The zero-order chi connectivity index (χ0) is 24.0. The molecule has 2 aromatic heterocycles. The van der Waals surface area contributed by atoms with E-state index in [1.807, 2.05) is 4.90 Å². The van der Waals surface area contributed by atoms with Gasteiger partial charge in [-0.15, -0.1) is 9.94 Å². The zero-order valence-corrected chi connectivity index (χ0v) is 18.4. The number of benzene rings is 1. The van der Waals surface area contributed by atoms with Crippen molar-refractivity contribution in [3.8, 4) is 17.1 Å². The molecular formula is C24H23F3N4O3. The average molecular weight is 472 g/mol. The minimum Gasteiger partial charge on any atom is -0.477 e. The van der Waals surface area contributed by atoms with E-state index < -0.39 is 11.9 Å². The van der Waals surface area contributed by atoms with Gasteiger partial charge < -0.3 is 14.8 Å². The quantitative estimate of drug-likeness (QED) is 0.550. The van der Waals surface area contributed by atoms with E-state index in [0.717, 1.165) is 23.8 Å². The number of carbonyl (C=O) groups is 1. The van der Waals surface area contributed by atoms with Gasteiger partial charge in [0.25, 0.3) is 5.91 Å². The first-order chi connectivity index (χ1) is 16.2. The molecule has 3 unspecified atom stereocenters. The summed E-state index contributed by atoms with van der Waals surface area (Å²) >= 11 is 0.